The zero-order valence-electron chi connectivity index (χ0n) is 7.70. The van der Waals surface area contributed by atoms with Crippen molar-refractivity contribution in [2.24, 2.45) is 5.92 Å². The summed E-state index contributed by atoms with van der Waals surface area (Å²) in [7, 11) is 3.33. The average Bonchev–Trinajstić information content (AvgIpc) is 2.27. The van der Waals surface area contributed by atoms with Crippen LogP contribution in [0.4, 0.5) is 0 Å². The molecule has 0 saturated heterocycles. The zero-order valence-corrected chi connectivity index (χ0v) is 7.70. The summed E-state index contributed by atoms with van der Waals surface area (Å²) in [6.07, 6.45) is 7.88. The smallest absolute Gasteiger partial charge is 0.122 e. The second-order valence-corrected chi connectivity index (χ2v) is 2.70. The summed E-state index contributed by atoms with van der Waals surface area (Å²) >= 11 is 0. The summed E-state index contributed by atoms with van der Waals surface area (Å²) in [6.45, 7) is 2.08. The summed E-state index contributed by atoms with van der Waals surface area (Å²) in [5.74, 6) is 2.07. The van der Waals surface area contributed by atoms with Gasteiger partial charge in [0.25, 0.3) is 0 Å². The molecule has 0 aromatic carbocycles. The van der Waals surface area contributed by atoms with Crippen LogP contribution in [0.5, 0.6) is 0 Å². The molecule has 0 bridgehead atoms. The Morgan fingerprint density at radius 1 is 1.25 bits per heavy atom. The van der Waals surface area contributed by atoms with Gasteiger partial charge in [0.05, 0.1) is 14.2 Å². The minimum absolute atomic E-state index is 0.318. The summed E-state index contributed by atoms with van der Waals surface area (Å²) in [4.78, 5) is 0. The second kappa shape index (κ2) is 4.00. The van der Waals surface area contributed by atoms with Gasteiger partial charge in [-0.2, -0.15) is 0 Å². The van der Waals surface area contributed by atoms with E-state index in [4.69, 9.17) is 9.47 Å². The molecule has 0 amide bonds. The van der Waals surface area contributed by atoms with Gasteiger partial charge in [0, 0.05) is 12.0 Å². The highest BCUT2D eigenvalue weighted by Gasteiger charge is 2.08. The molecule has 0 heterocycles. The molecule has 0 radical (unpaired) electrons. The summed E-state index contributed by atoms with van der Waals surface area (Å²) in [5, 5.41) is 0. The molecule has 0 spiro atoms. The normalized spacial score (nSPS) is 22.4. The van der Waals surface area contributed by atoms with Gasteiger partial charge in [0.2, 0.25) is 0 Å². The highest BCUT2D eigenvalue weighted by molar-refractivity contribution is 5.27. The number of methoxy groups -OCH3 is 2. The van der Waals surface area contributed by atoms with E-state index in [1.165, 1.54) is 0 Å². The molecule has 1 unspecified atom stereocenters. The topological polar surface area (TPSA) is 18.5 Å². The van der Waals surface area contributed by atoms with Gasteiger partial charge in [-0.15, -0.1) is 0 Å². The lowest BCUT2D eigenvalue weighted by atomic mass is 10.1. The minimum Gasteiger partial charge on any atom is -0.500 e. The maximum atomic E-state index is 5.20. The van der Waals surface area contributed by atoms with Crippen molar-refractivity contribution in [2.75, 3.05) is 14.2 Å². The molecule has 66 valence electrons. The van der Waals surface area contributed by atoms with Crippen LogP contribution in [0, 0.1) is 5.92 Å². The van der Waals surface area contributed by atoms with Crippen LogP contribution >= 0.6 is 0 Å². The van der Waals surface area contributed by atoms with Gasteiger partial charge >= 0.3 is 0 Å². The lowest BCUT2D eigenvalue weighted by molar-refractivity contribution is 0.253. The molecule has 0 N–H and O–H groups in total. The first-order valence-electron chi connectivity index (χ1n) is 3.96. The molecular weight excluding hydrogens is 152 g/mol. The molecule has 0 fully saturated rings. The highest BCUT2D eigenvalue weighted by atomic mass is 16.5. The Hall–Kier alpha value is -1.18. The Kier molecular flexibility index (Phi) is 2.97. The van der Waals surface area contributed by atoms with E-state index in [0.717, 1.165) is 11.5 Å². The highest BCUT2D eigenvalue weighted by Crippen LogP contribution is 2.18. The maximum Gasteiger partial charge on any atom is 0.122 e. The van der Waals surface area contributed by atoms with Crippen molar-refractivity contribution < 1.29 is 9.47 Å². The zero-order chi connectivity index (χ0) is 8.97. The van der Waals surface area contributed by atoms with Crippen LogP contribution in [0.2, 0.25) is 0 Å². The number of hydrogen-bond acceptors (Lipinski definition) is 2. The Bertz CT molecular complexity index is 236. The molecule has 1 aliphatic rings. The van der Waals surface area contributed by atoms with Gasteiger partial charge in [-0.3, -0.25) is 0 Å². The molecule has 0 saturated carbocycles. The molecule has 0 aliphatic heterocycles. The van der Waals surface area contributed by atoms with Gasteiger partial charge in [-0.05, 0) is 6.08 Å². The maximum absolute atomic E-state index is 5.20. The van der Waals surface area contributed by atoms with Gasteiger partial charge in [0.15, 0.2) is 0 Å². The Morgan fingerprint density at radius 2 is 2.00 bits per heavy atom. The first-order valence-corrected chi connectivity index (χ1v) is 3.96. The summed E-state index contributed by atoms with van der Waals surface area (Å²) in [5.41, 5.74) is 0. The van der Waals surface area contributed by atoms with E-state index in [0.29, 0.717) is 5.92 Å². The van der Waals surface area contributed by atoms with Crippen molar-refractivity contribution in [3.05, 3.63) is 35.8 Å². The summed E-state index contributed by atoms with van der Waals surface area (Å²) < 4.78 is 10.3. The van der Waals surface area contributed by atoms with Crippen LogP contribution < -0.4 is 0 Å². The van der Waals surface area contributed by atoms with Crippen LogP contribution in [0.3, 0.4) is 0 Å². The van der Waals surface area contributed by atoms with E-state index in [2.05, 4.69) is 13.0 Å². The summed E-state index contributed by atoms with van der Waals surface area (Å²) in [6, 6.07) is 0. The molecule has 1 atom stereocenters. The first kappa shape index (κ1) is 8.91. The van der Waals surface area contributed by atoms with Gasteiger partial charge in [-0.25, -0.2) is 0 Å². The fraction of sp³-hybridized carbons (Fsp3) is 0.400. The van der Waals surface area contributed by atoms with E-state index in [1.807, 2.05) is 18.2 Å². The van der Waals surface area contributed by atoms with E-state index >= 15 is 0 Å². The van der Waals surface area contributed by atoms with E-state index in [1.54, 1.807) is 14.2 Å². The molecule has 12 heavy (non-hydrogen) atoms. The molecule has 2 nitrogen and oxygen atoms in total. The van der Waals surface area contributed by atoms with Gasteiger partial charge in [-0.1, -0.05) is 19.1 Å². The number of hydrogen-bond donors (Lipinski definition) is 0. The minimum atomic E-state index is 0.318. The Morgan fingerprint density at radius 3 is 2.58 bits per heavy atom. The van der Waals surface area contributed by atoms with Crippen LogP contribution in [-0.4, -0.2) is 14.2 Å². The Labute approximate surface area is 73.2 Å². The predicted octanol–water partition coefficient (Wildman–Crippen LogP) is 2.25. The van der Waals surface area contributed by atoms with Crippen molar-refractivity contribution in [1.82, 2.24) is 0 Å². The van der Waals surface area contributed by atoms with Crippen molar-refractivity contribution in [1.29, 1.82) is 0 Å². The standard InChI is InChI=1S/C10H14O2/c1-8-5-4-6-9(11-2)7-10(8)12-3/h4-8H,1-3H3. The lowest BCUT2D eigenvalue weighted by Gasteiger charge is -2.09. The molecular formula is C10H14O2. The third-order valence-corrected chi connectivity index (χ3v) is 1.86. The molecule has 2 heteroatoms. The quantitative estimate of drug-likeness (QED) is 0.626. The van der Waals surface area contributed by atoms with Gasteiger partial charge in [0.1, 0.15) is 11.5 Å². The van der Waals surface area contributed by atoms with E-state index in [9.17, 15) is 0 Å². The largest absolute Gasteiger partial charge is 0.500 e. The van der Waals surface area contributed by atoms with Crippen LogP contribution in [-0.2, 0) is 9.47 Å². The van der Waals surface area contributed by atoms with E-state index in [-0.39, 0.29) is 0 Å². The van der Waals surface area contributed by atoms with Crippen LogP contribution in [0.1, 0.15) is 6.92 Å². The third-order valence-electron chi connectivity index (χ3n) is 1.86. The molecule has 0 aromatic rings. The number of rotatable bonds is 2. The van der Waals surface area contributed by atoms with Gasteiger partial charge < -0.3 is 9.47 Å². The fourth-order valence-corrected chi connectivity index (χ4v) is 1.10. The third kappa shape index (κ3) is 1.91. The van der Waals surface area contributed by atoms with Crippen LogP contribution in [0.25, 0.3) is 0 Å². The average molecular weight is 166 g/mol. The monoisotopic (exact) mass is 166 g/mol. The predicted molar refractivity (Wildman–Crippen MR) is 48.5 cm³/mol. The lowest BCUT2D eigenvalue weighted by Crippen LogP contribution is -1.97. The van der Waals surface area contributed by atoms with E-state index < -0.39 is 0 Å². The molecule has 1 rings (SSSR count). The number of ether oxygens (including phenoxy) is 2. The van der Waals surface area contributed by atoms with Crippen molar-refractivity contribution in [3.63, 3.8) is 0 Å². The van der Waals surface area contributed by atoms with Crippen LogP contribution in [0.15, 0.2) is 35.8 Å². The SMILES string of the molecule is COC1=CC=CC(C)C(OC)=C1. The molecule has 0 aromatic heterocycles. The van der Waals surface area contributed by atoms with Crippen molar-refractivity contribution >= 4 is 0 Å². The first-order chi connectivity index (χ1) is 5.77. The van der Waals surface area contributed by atoms with Crippen molar-refractivity contribution in [2.45, 2.75) is 6.92 Å². The van der Waals surface area contributed by atoms with Crippen molar-refractivity contribution in [3.8, 4) is 0 Å². The Balaban J connectivity index is 2.88. The second-order valence-electron chi connectivity index (χ2n) is 2.70. The molecule has 1 aliphatic carbocycles. The fourth-order valence-electron chi connectivity index (χ4n) is 1.10. The number of allylic oxidation sites excluding steroid dienone is 4.